The number of rotatable bonds is 4. The molecule has 0 spiro atoms. The van der Waals surface area contributed by atoms with Crippen LogP contribution in [0.3, 0.4) is 0 Å². The van der Waals surface area contributed by atoms with E-state index in [4.69, 9.17) is 0 Å². The lowest BCUT2D eigenvalue weighted by Crippen LogP contribution is -2.49. The molecule has 32 heavy (non-hydrogen) atoms. The van der Waals surface area contributed by atoms with Crippen LogP contribution in [0.1, 0.15) is 49.2 Å². The minimum absolute atomic E-state index is 0.0612. The molecule has 0 radical (unpaired) electrons. The number of hydrogen-bond acceptors (Lipinski definition) is 2. The summed E-state index contributed by atoms with van der Waals surface area (Å²) in [6.45, 7) is 5.81. The lowest BCUT2D eigenvalue weighted by atomic mass is 9.88. The smallest absolute Gasteiger partial charge is 0.258 e. The Kier molecular flexibility index (Phi) is 6.08. The fourth-order valence-electron chi connectivity index (χ4n) is 4.40. The molecule has 0 bridgehead atoms. The van der Waals surface area contributed by atoms with Crippen molar-refractivity contribution in [2.75, 3.05) is 9.80 Å². The van der Waals surface area contributed by atoms with E-state index in [1.807, 2.05) is 68.1 Å². The van der Waals surface area contributed by atoms with Crippen molar-refractivity contribution in [1.82, 2.24) is 0 Å². The third kappa shape index (κ3) is 4.03. The van der Waals surface area contributed by atoms with Crippen LogP contribution in [0, 0.1) is 11.7 Å². The molecule has 2 amide bonds. The molecule has 3 aromatic rings. The Morgan fingerprint density at radius 2 is 1.56 bits per heavy atom. The van der Waals surface area contributed by atoms with Crippen LogP contribution < -0.4 is 9.80 Å². The van der Waals surface area contributed by atoms with Gasteiger partial charge in [-0.3, -0.25) is 9.59 Å². The first kappa shape index (κ1) is 21.8. The van der Waals surface area contributed by atoms with Crippen LogP contribution in [0.15, 0.2) is 78.9 Å². The van der Waals surface area contributed by atoms with E-state index in [0.29, 0.717) is 17.7 Å². The zero-order valence-electron chi connectivity index (χ0n) is 18.5. The number of anilines is 2. The van der Waals surface area contributed by atoms with E-state index in [1.54, 1.807) is 29.2 Å². The van der Waals surface area contributed by atoms with E-state index in [1.165, 1.54) is 12.1 Å². The molecule has 2 atom stereocenters. The summed E-state index contributed by atoms with van der Waals surface area (Å²) in [6, 6.07) is 22.5. The molecule has 5 heteroatoms. The Morgan fingerprint density at radius 3 is 2.22 bits per heavy atom. The highest BCUT2D eigenvalue weighted by atomic mass is 19.1. The minimum atomic E-state index is -0.355. The third-order valence-electron chi connectivity index (χ3n) is 5.95. The first-order valence-corrected chi connectivity index (χ1v) is 10.9. The van der Waals surface area contributed by atoms with E-state index < -0.39 is 0 Å². The monoisotopic (exact) mass is 430 g/mol. The molecule has 0 aromatic heterocycles. The van der Waals surface area contributed by atoms with E-state index >= 15 is 0 Å². The van der Waals surface area contributed by atoms with E-state index in [2.05, 4.69) is 0 Å². The summed E-state index contributed by atoms with van der Waals surface area (Å²) in [5, 5.41) is 0. The fourth-order valence-corrected chi connectivity index (χ4v) is 4.40. The van der Waals surface area contributed by atoms with E-state index in [9.17, 15) is 14.0 Å². The summed E-state index contributed by atoms with van der Waals surface area (Å²) >= 11 is 0. The molecule has 4 rings (SSSR count). The molecule has 0 saturated carbocycles. The van der Waals surface area contributed by atoms with Gasteiger partial charge in [0.25, 0.3) is 5.91 Å². The maximum atomic E-state index is 13.7. The third-order valence-corrected chi connectivity index (χ3v) is 5.95. The predicted octanol–water partition coefficient (Wildman–Crippen LogP) is 6.00. The second-order valence-electron chi connectivity index (χ2n) is 8.54. The number of amides is 2. The number of nitrogens with zero attached hydrogens (tertiary/aromatic N) is 2. The molecule has 164 valence electrons. The molecule has 4 nitrogen and oxygen atoms in total. The molecule has 0 unspecified atom stereocenters. The first-order valence-electron chi connectivity index (χ1n) is 10.9. The van der Waals surface area contributed by atoms with Crippen molar-refractivity contribution in [2.24, 2.45) is 5.92 Å². The molecule has 0 fully saturated rings. The summed E-state index contributed by atoms with van der Waals surface area (Å²) in [6.07, 6.45) is 0.575. The van der Waals surface area contributed by atoms with Gasteiger partial charge in [0.2, 0.25) is 5.91 Å². The number of fused-ring (bicyclic) bond motifs is 1. The topological polar surface area (TPSA) is 40.6 Å². The molecule has 1 heterocycles. The quantitative estimate of drug-likeness (QED) is 0.510. The van der Waals surface area contributed by atoms with E-state index in [-0.39, 0.29) is 35.6 Å². The number of benzene rings is 3. The summed E-state index contributed by atoms with van der Waals surface area (Å²) in [5.41, 5.74) is 2.91. The van der Waals surface area contributed by atoms with Gasteiger partial charge < -0.3 is 9.80 Å². The highest BCUT2D eigenvalue weighted by molar-refractivity contribution is 6.07. The molecule has 0 aliphatic carbocycles. The lowest BCUT2D eigenvalue weighted by Gasteiger charge is -2.44. The number of hydrogen-bond donors (Lipinski definition) is 0. The van der Waals surface area contributed by atoms with Crippen molar-refractivity contribution in [2.45, 2.75) is 39.3 Å². The van der Waals surface area contributed by atoms with Crippen molar-refractivity contribution in [1.29, 1.82) is 0 Å². The molecular weight excluding hydrogens is 403 g/mol. The van der Waals surface area contributed by atoms with Crippen LogP contribution >= 0.6 is 0 Å². The van der Waals surface area contributed by atoms with Gasteiger partial charge in [-0.25, -0.2) is 4.39 Å². The highest BCUT2D eigenvalue weighted by Crippen LogP contribution is 2.43. The molecule has 0 saturated heterocycles. The van der Waals surface area contributed by atoms with Crippen LogP contribution in [0.4, 0.5) is 15.8 Å². The molecule has 0 N–H and O–H groups in total. The Bertz CT molecular complexity index is 1110. The summed E-state index contributed by atoms with van der Waals surface area (Å²) in [4.78, 5) is 30.3. The van der Waals surface area contributed by atoms with Crippen molar-refractivity contribution in [3.8, 4) is 0 Å². The summed E-state index contributed by atoms with van der Waals surface area (Å²) < 4.78 is 13.7. The zero-order valence-corrected chi connectivity index (χ0v) is 18.5. The Balaban J connectivity index is 1.85. The minimum Gasteiger partial charge on any atom is -0.309 e. The summed E-state index contributed by atoms with van der Waals surface area (Å²) in [7, 11) is 0. The molecule has 1 aliphatic rings. The van der Waals surface area contributed by atoms with Crippen LogP contribution in [-0.4, -0.2) is 17.9 Å². The van der Waals surface area contributed by atoms with Gasteiger partial charge in [-0.1, -0.05) is 50.2 Å². The van der Waals surface area contributed by atoms with E-state index in [0.717, 1.165) is 11.3 Å². The summed E-state index contributed by atoms with van der Waals surface area (Å²) in [5.74, 6) is -0.591. The van der Waals surface area contributed by atoms with Crippen molar-refractivity contribution < 1.29 is 14.0 Å². The lowest BCUT2D eigenvalue weighted by molar-refractivity contribution is -0.122. The van der Waals surface area contributed by atoms with Crippen LogP contribution in [0.5, 0.6) is 0 Å². The maximum absolute atomic E-state index is 13.7. The maximum Gasteiger partial charge on any atom is 0.258 e. The van der Waals surface area contributed by atoms with Crippen LogP contribution in [0.25, 0.3) is 0 Å². The van der Waals surface area contributed by atoms with Crippen LogP contribution in [-0.2, 0) is 4.79 Å². The average molecular weight is 431 g/mol. The number of carbonyl (C=O) groups is 2. The zero-order chi connectivity index (χ0) is 22.8. The second kappa shape index (κ2) is 8.95. The number of carbonyl (C=O) groups excluding carboxylic acids is 2. The number of halogens is 1. The average Bonchev–Trinajstić information content (AvgIpc) is 2.80. The second-order valence-corrected chi connectivity index (χ2v) is 8.54. The van der Waals surface area contributed by atoms with Gasteiger partial charge in [0, 0.05) is 28.9 Å². The van der Waals surface area contributed by atoms with Gasteiger partial charge in [0.05, 0.1) is 6.04 Å². The Morgan fingerprint density at radius 1 is 0.938 bits per heavy atom. The van der Waals surface area contributed by atoms with Gasteiger partial charge in [0.15, 0.2) is 0 Å². The Labute approximate surface area is 188 Å². The fraction of sp³-hybridized carbons (Fsp3) is 0.259. The van der Waals surface area contributed by atoms with Gasteiger partial charge in [-0.15, -0.1) is 0 Å². The SMILES string of the molecule is CC(C)C(=O)N1c2ccccc2[C@H](N(C(=O)c2ccccc2)c2ccc(F)cc2)C[C@H]1C. The van der Waals surface area contributed by atoms with Crippen molar-refractivity contribution >= 4 is 23.2 Å². The standard InChI is InChI=1S/C27H27FN2O2/c1-18(2)26(31)29-19(3)17-25(23-11-7-8-12-24(23)29)30(22-15-13-21(28)14-16-22)27(32)20-9-5-4-6-10-20/h4-16,18-19,25H,17H2,1-3H3/t19-,25-/m1/s1. The Hall–Kier alpha value is -3.47. The van der Waals surface area contributed by atoms with Gasteiger partial charge in [-0.05, 0) is 61.4 Å². The van der Waals surface area contributed by atoms with Crippen molar-refractivity contribution in [3.05, 3.63) is 95.8 Å². The van der Waals surface area contributed by atoms with Gasteiger partial charge in [-0.2, -0.15) is 0 Å². The van der Waals surface area contributed by atoms with Gasteiger partial charge >= 0.3 is 0 Å². The molecule has 1 aliphatic heterocycles. The van der Waals surface area contributed by atoms with Crippen molar-refractivity contribution in [3.63, 3.8) is 0 Å². The first-order chi connectivity index (χ1) is 15.4. The van der Waals surface area contributed by atoms with Gasteiger partial charge in [0.1, 0.15) is 5.82 Å². The predicted molar refractivity (Wildman–Crippen MR) is 125 cm³/mol. The normalized spacial score (nSPS) is 17.7. The largest absolute Gasteiger partial charge is 0.309 e. The molecular formula is C27H27FN2O2. The number of para-hydroxylation sites is 1. The highest BCUT2D eigenvalue weighted by Gasteiger charge is 2.39. The molecule has 3 aromatic carbocycles. The van der Waals surface area contributed by atoms with Crippen LogP contribution in [0.2, 0.25) is 0 Å².